The van der Waals surface area contributed by atoms with E-state index in [1.165, 1.54) is 0 Å². The molecule has 0 aliphatic carbocycles. The zero-order chi connectivity index (χ0) is 14.3. The van der Waals surface area contributed by atoms with Crippen molar-refractivity contribution in [3.8, 4) is 11.3 Å². The fourth-order valence-corrected chi connectivity index (χ4v) is 2.37. The summed E-state index contributed by atoms with van der Waals surface area (Å²) in [6, 6.07) is 11.1. The zero-order valence-electron chi connectivity index (χ0n) is 11.2. The Labute approximate surface area is 115 Å². The molecule has 3 rings (SSSR count). The molecule has 0 aliphatic heterocycles. The van der Waals surface area contributed by atoms with Crippen LogP contribution in [0.5, 0.6) is 0 Å². The number of aryl methyl sites for hydroxylation is 2. The Kier molecular flexibility index (Phi) is 2.75. The van der Waals surface area contributed by atoms with Crippen LogP contribution in [0, 0.1) is 13.8 Å². The van der Waals surface area contributed by atoms with Crippen LogP contribution in [0.3, 0.4) is 0 Å². The Morgan fingerprint density at radius 3 is 2.50 bits per heavy atom. The molecular formula is C15H13N3O2. The van der Waals surface area contributed by atoms with E-state index < -0.39 is 5.97 Å². The van der Waals surface area contributed by atoms with Gasteiger partial charge in [0.05, 0.1) is 0 Å². The Morgan fingerprint density at radius 2 is 1.85 bits per heavy atom. The van der Waals surface area contributed by atoms with E-state index in [0.717, 1.165) is 17.0 Å². The van der Waals surface area contributed by atoms with Crippen LogP contribution in [0.4, 0.5) is 0 Å². The third-order valence-electron chi connectivity index (χ3n) is 3.16. The number of benzene rings is 1. The van der Waals surface area contributed by atoms with Crippen molar-refractivity contribution in [1.29, 1.82) is 0 Å². The summed E-state index contributed by atoms with van der Waals surface area (Å²) < 4.78 is 1.58. The van der Waals surface area contributed by atoms with Crippen LogP contribution in [0.25, 0.3) is 17.0 Å². The van der Waals surface area contributed by atoms with Gasteiger partial charge >= 0.3 is 5.97 Å². The molecule has 1 aromatic carbocycles. The number of hydrogen-bond acceptors (Lipinski definition) is 3. The first-order chi connectivity index (χ1) is 9.58. The highest BCUT2D eigenvalue weighted by molar-refractivity contribution is 5.94. The van der Waals surface area contributed by atoms with Crippen molar-refractivity contribution >= 4 is 11.7 Å². The molecule has 0 spiro atoms. The normalized spacial score (nSPS) is 10.9. The summed E-state index contributed by atoms with van der Waals surface area (Å²) in [4.78, 5) is 20.3. The molecule has 3 aromatic rings. The SMILES string of the molecule is Cc1cc(C)n2c(C(=O)O)c(-c3ccccc3)nc2n1. The predicted molar refractivity (Wildman–Crippen MR) is 74.9 cm³/mol. The lowest BCUT2D eigenvalue weighted by Crippen LogP contribution is -2.06. The molecule has 20 heavy (non-hydrogen) atoms. The Hall–Kier alpha value is -2.69. The molecule has 5 heteroatoms. The number of carboxylic acid groups (broad SMARTS) is 1. The van der Waals surface area contributed by atoms with Gasteiger partial charge in [0.15, 0.2) is 5.69 Å². The van der Waals surface area contributed by atoms with E-state index in [0.29, 0.717) is 11.5 Å². The molecule has 0 atom stereocenters. The number of imidazole rings is 1. The van der Waals surface area contributed by atoms with Gasteiger partial charge in [-0.3, -0.25) is 4.40 Å². The second-order valence-electron chi connectivity index (χ2n) is 4.65. The van der Waals surface area contributed by atoms with Gasteiger partial charge < -0.3 is 5.11 Å². The number of carbonyl (C=O) groups is 1. The number of fused-ring (bicyclic) bond motifs is 1. The van der Waals surface area contributed by atoms with Crippen molar-refractivity contribution in [1.82, 2.24) is 14.4 Å². The molecule has 0 saturated heterocycles. The van der Waals surface area contributed by atoms with Gasteiger partial charge in [-0.25, -0.2) is 14.8 Å². The van der Waals surface area contributed by atoms with Gasteiger partial charge in [-0.2, -0.15) is 0 Å². The summed E-state index contributed by atoms with van der Waals surface area (Å²) in [7, 11) is 0. The Morgan fingerprint density at radius 1 is 1.15 bits per heavy atom. The monoisotopic (exact) mass is 267 g/mol. The lowest BCUT2D eigenvalue weighted by atomic mass is 10.1. The summed E-state index contributed by atoms with van der Waals surface area (Å²) in [6.45, 7) is 3.72. The number of rotatable bonds is 2. The van der Waals surface area contributed by atoms with Crippen molar-refractivity contribution in [3.05, 3.63) is 53.5 Å². The van der Waals surface area contributed by atoms with E-state index in [2.05, 4.69) is 9.97 Å². The summed E-state index contributed by atoms with van der Waals surface area (Å²) >= 11 is 0. The molecule has 2 heterocycles. The first-order valence-corrected chi connectivity index (χ1v) is 6.23. The molecule has 0 radical (unpaired) electrons. The van der Waals surface area contributed by atoms with Crippen LogP contribution >= 0.6 is 0 Å². The Balaban J connectivity index is 2.41. The molecule has 0 unspecified atom stereocenters. The summed E-state index contributed by atoms with van der Waals surface area (Å²) in [5.41, 5.74) is 2.99. The van der Waals surface area contributed by atoms with Crippen molar-refractivity contribution in [2.24, 2.45) is 0 Å². The number of nitrogens with zero attached hydrogens (tertiary/aromatic N) is 3. The van der Waals surface area contributed by atoms with Gasteiger partial charge in [-0.05, 0) is 19.9 Å². The van der Waals surface area contributed by atoms with Gasteiger partial charge in [0.2, 0.25) is 5.78 Å². The lowest BCUT2D eigenvalue weighted by molar-refractivity contribution is 0.0690. The molecule has 5 nitrogen and oxygen atoms in total. The molecule has 0 amide bonds. The minimum atomic E-state index is -1.01. The lowest BCUT2D eigenvalue weighted by Gasteiger charge is -2.03. The average Bonchev–Trinajstić information content (AvgIpc) is 2.79. The van der Waals surface area contributed by atoms with Crippen molar-refractivity contribution in [2.75, 3.05) is 0 Å². The maximum atomic E-state index is 11.6. The maximum absolute atomic E-state index is 11.6. The molecule has 0 fully saturated rings. The number of carboxylic acids is 1. The minimum absolute atomic E-state index is 0.149. The van der Waals surface area contributed by atoms with E-state index in [1.54, 1.807) is 4.40 Å². The molecule has 2 aromatic heterocycles. The summed E-state index contributed by atoms with van der Waals surface area (Å²) in [5.74, 6) is -0.594. The van der Waals surface area contributed by atoms with Crippen molar-refractivity contribution < 1.29 is 9.90 Å². The van der Waals surface area contributed by atoms with Gasteiger partial charge in [-0.15, -0.1) is 0 Å². The first kappa shape index (κ1) is 12.3. The second kappa shape index (κ2) is 4.45. The molecule has 0 aliphatic rings. The van der Waals surface area contributed by atoms with Crippen LogP contribution in [-0.4, -0.2) is 25.4 Å². The fourth-order valence-electron chi connectivity index (χ4n) is 2.37. The molecule has 0 saturated carbocycles. The smallest absolute Gasteiger partial charge is 0.355 e. The van der Waals surface area contributed by atoms with Gasteiger partial charge in [0.25, 0.3) is 0 Å². The standard InChI is InChI=1S/C15H13N3O2/c1-9-8-10(2)18-13(14(19)20)12(17-15(18)16-9)11-6-4-3-5-7-11/h3-8H,1-2H3,(H,19,20). The molecule has 1 N–H and O–H groups in total. The fraction of sp³-hybridized carbons (Fsp3) is 0.133. The maximum Gasteiger partial charge on any atom is 0.355 e. The minimum Gasteiger partial charge on any atom is -0.476 e. The topological polar surface area (TPSA) is 67.5 Å². The molecular weight excluding hydrogens is 254 g/mol. The average molecular weight is 267 g/mol. The number of aromatic nitrogens is 3. The number of aromatic carboxylic acids is 1. The zero-order valence-corrected chi connectivity index (χ0v) is 11.2. The van der Waals surface area contributed by atoms with E-state index in [-0.39, 0.29) is 5.69 Å². The van der Waals surface area contributed by atoms with Gasteiger partial charge in [0.1, 0.15) is 5.69 Å². The van der Waals surface area contributed by atoms with Crippen molar-refractivity contribution in [2.45, 2.75) is 13.8 Å². The molecule has 0 bridgehead atoms. The van der Waals surface area contributed by atoms with Crippen LogP contribution in [0.1, 0.15) is 21.9 Å². The van der Waals surface area contributed by atoms with Gasteiger partial charge in [-0.1, -0.05) is 30.3 Å². The van der Waals surface area contributed by atoms with Crippen LogP contribution in [0.15, 0.2) is 36.4 Å². The van der Waals surface area contributed by atoms with Crippen LogP contribution in [-0.2, 0) is 0 Å². The quantitative estimate of drug-likeness (QED) is 0.775. The highest BCUT2D eigenvalue weighted by atomic mass is 16.4. The third-order valence-corrected chi connectivity index (χ3v) is 3.16. The third kappa shape index (κ3) is 1.84. The van der Waals surface area contributed by atoms with E-state index >= 15 is 0 Å². The largest absolute Gasteiger partial charge is 0.476 e. The number of hydrogen-bond donors (Lipinski definition) is 1. The summed E-state index contributed by atoms with van der Waals surface area (Å²) in [5, 5.41) is 9.52. The highest BCUT2D eigenvalue weighted by Crippen LogP contribution is 2.25. The first-order valence-electron chi connectivity index (χ1n) is 6.23. The highest BCUT2D eigenvalue weighted by Gasteiger charge is 2.21. The van der Waals surface area contributed by atoms with E-state index in [9.17, 15) is 9.90 Å². The van der Waals surface area contributed by atoms with Gasteiger partial charge in [0, 0.05) is 17.0 Å². The second-order valence-corrected chi connectivity index (χ2v) is 4.65. The molecule has 100 valence electrons. The Bertz CT molecular complexity index is 807. The summed E-state index contributed by atoms with van der Waals surface area (Å²) in [6.07, 6.45) is 0. The van der Waals surface area contributed by atoms with E-state index in [1.807, 2.05) is 50.2 Å². The van der Waals surface area contributed by atoms with Crippen molar-refractivity contribution in [3.63, 3.8) is 0 Å². The van der Waals surface area contributed by atoms with E-state index in [4.69, 9.17) is 0 Å². The van der Waals surface area contributed by atoms with Crippen LogP contribution < -0.4 is 0 Å². The predicted octanol–water partition coefficient (Wildman–Crippen LogP) is 2.71. The van der Waals surface area contributed by atoms with Crippen LogP contribution in [0.2, 0.25) is 0 Å².